The average Bonchev–Trinajstić information content (AvgIpc) is 2.87. The van der Waals surface area contributed by atoms with Crippen molar-refractivity contribution in [1.29, 1.82) is 0 Å². The summed E-state index contributed by atoms with van der Waals surface area (Å²) in [6.07, 6.45) is 1.77. The zero-order valence-electron chi connectivity index (χ0n) is 10.8. The van der Waals surface area contributed by atoms with Gasteiger partial charge in [-0.25, -0.2) is 4.79 Å². The van der Waals surface area contributed by atoms with Crippen LogP contribution in [0.3, 0.4) is 0 Å². The van der Waals surface area contributed by atoms with Crippen molar-refractivity contribution in [3.63, 3.8) is 0 Å². The van der Waals surface area contributed by atoms with Gasteiger partial charge in [-0.15, -0.1) is 0 Å². The van der Waals surface area contributed by atoms with Crippen LogP contribution in [0, 0.1) is 0 Å². The molecule has 1 amide bonds. The van der Waals surface area contributed by atoms with E-state index in [2.05, 4.69) is 0 Å². The van der Waals surface area contributed by atoms with E-state index in [1.807, 2.05) is 12.1 Å². The van der Waals surface area contributed by atoms with E-state index in [1.165, 1.54) is 7.11 Å². The molecule has 1 aliphatic rings. The summed E-state index contributed by atoms with van der Waals surface area (Å²) in [6.45, 7) is 0.610. The fraction of sp³-hybridized carbons (Fsp3) is 0.429. The molecule has 5 heteroatoms. The first kappa shape index (κ1) is 13.9. The van der Waals surface area contributed by atoms with Gasteiger partial charge in [-0.05, 0) is 30.5 Å². The third-order valence-electron chi connectivity index (χ3n) is 3.29. The summed E-state index contributed by atoms with van der Waals surface area (Å²) >= 11 is 5.89. The highest BCUT2D eigenvalue weighted by Gasteiger charge is 2.34. The number of esters is 1. The second-order valence-corrected chi connectivity index (χ2v) is 5.01. The quantitative estimate of drug-likeness (QED) is 0.797. The van der Waals surface area contributed by atoms with Crippen molar-refractivity contribution in [3.05, 3.63) is 34.9 Å². The molecule has 1 saturated heterocycles. The van der Waals surface area contributed by atoms with Crippen molar-refractivity contribution in [2.24, 2.45) is 0 Å². The van der Waals surface area contributed by atoms with Crippen LogP contribution in [0.1, 0.15) is 18.4 Å². The van der Waals surface area contributed by atoms with E-state index in [9.17, 15) is 9.59 Å². The molecule has 102 valence electrons. The van der Waals surface area contributed by atoms with Crippen LogP contribution in [0.4, 0.5) is 0 Å². The normalized spacial score (nSPS) is 18.4. The molecule has 0 saturated carbocycles. The maximum Gasteiger partial charge on any atom is 0.328 e. The number of hydrogen-bond donors (Lipinski definition) is 0. The first-order chi connectivity index (χ1) is 9.11. The van der Waals surface area contributed by atoms with Gasteiger partial charge in [0.2, 0.25) is 5.91 Å². The standard InChI is InChI=1S/C14H16ClNO3/c1-19-14(18)12-6-3-7-16(12)13(17)9-10-4-2-5-11(15)8-10/h2,4-5,8,12H,3,6-7,9H2,1H3. The van der Waals surface area contributed by atoms with Crippen molar-refractivity contribution in [3.8, 4) is 0 Å². The number of likely N-dealkylation sites (tertiary alicyclic amines) is 1. The first-order valence-electron chi connectivity index (χ1n) is 6.23. The second-order valence-electron chi connectivity index (χ2n) is 4.58. The van der Waals surface area contributed by atoms with Crippen LogP contribution in [0.15, 0.2) is 24.3 Å². The van der Waals surface area contributed by atoms with Gasteiger partial charge in [0.15, 0.2) is 0 Å². The summed E-state index contributed by atoms with van der Waals surface area (Å²) in [4.78, 5) is 25.4. The van der Waals surface area contributed by atoms with Crippen molar-refractivity contribution >= 4 is 23.5 Å². The van der Waals surface area contributed by atoms with Crippen molar-refractivity contribution in [2.75, 3.05) is 13.7 Å². The highest BCUT2D eigenvalue weighted by molar-refractivity contribution is 6.30. The lowest BCUT2D eigenvalue weighted by atomic mass is 10.1. The Balaban J connectivity index is 2.05. The van der Waals surface area contributed by atoms with Crippen LogP contribution in [0.2, 0.25) is 5.02 Å². The minimum Gasteiger partial charge on any atom is -0.467 e. The Hall–Kier alpha value is -1.55. The molecule has 0 aliphatic carbocycles. The lowest BCUT2D eigenvalue weighted by molar-refractivity contribution is -0.150. The molecule has 0 radical (unpaired) electrons. The van der Waals surface area contributed by atoms with E-state index in [-0.39, 0.29) is 18.3 Å². The average molecular weight is 282 g/mol. The molecule has 1 heterocycles. The van der Waals surface area contributed by atoms with E-state index in [4.69, 9.17) is 16.3 Å². The van der Waals surface area contributed by atoms with Gasteiger partial charge in [0, 0.05) is 11.6 Å². The Morgan fingerprint density at radius 2 is 2.26 bits per heavy atom. The number of carbonyl (C=O) groups excluding carboxylic acids is 2. The zero-order chi connectivity index (χ0) is 13.8. The van der Waals surface area contributed by atoms with E-state index in [0.717, 1.165) is 12.0 Å². The van der Waals surface area contributed by atoms with Gasteiger partial charge in [-0.3, -0.25) is 4.79 Å². The van der Waals surface area contributed by atoms with Gasteiger partial charge < -0.3 is 9.64 Å². The topological polar surface area (TPSA) is 46.6 Å². The SMILES string of the molecule is COC(=O)C1CCCN1C(=O)Cc1cccc(Cl)c1. The molecule has 0 spiro atoms. The Labute approximate surface area is 117 Å². The van der Waals surface area contributed by atoms with Crippen LogP contribution < -0.4 is 0 Å². The van der Waals surface area contributed by atoms with Crippen molar-refractivity contribution in [1.82, 2.24) is 4.90 Å². The molecular formula is C14H16ClNO3. The maximum atomic E-state index is 12.2. The van der Waals surface area contributed by atoms with Gasteiger partial charge in [-0.1, -0.05) is 23.7 Å². The second kappa shape index (κ2) is 6.06. The van der Waals surface area contributed by atoms with E-state index in [1.54, 1.807) is 17.0 Å². The molecule has 2 rings (SSSR count). The van der Waals surface area contributed by atoms with Gasteiger partial charge in [0.05, 0.1) is 13.5 Å². The summed E-state index contributed by atoms with van der Waals surface area (Å²) < 4.78 is 4.73. The van der Waals surface area contributed by atoms with Gasteiger partial charge >= 0.3 is 5.97 Å². The molecule has 1 aliphatic heterocycles. The van der Waals surface area contributed by atoms with Crippen LogP contribution >= 0.6 is 11.6 Å². The molecular weight excluding hydrogens is 266 g/mol. The zero-order valence-corrected chi connectivity index (χ0v) is 11.5. The van der Waals surface area contributed by atoms with E-state index in [0.29, 0.717) is 18.0 Å². The highest BCUT2D eigenvalue weighted by atomic mass is 35.5. The minimum absolute atomic E-state index is 0.0600. The number of halogens is 1. The Bertz CT molecular complexity index is 489. The molecule has 19 heavy (non-hydrogen) atoms. The predicted molar refractivity (Wildman–Crippen MR) is 71.9 cm³/mol. The van der Waals surface area contributed by atoms with Crippen LogP contribution in [0.25, 0.3) is 0 Å². The Kier molecular flexibility index (Phi) is 4.43. The molecule has 0 bridgehead atoms. The minimum atomic E-state index is -0.434. The van der Waals surface area contributed by atoms with Crippen LogP contribution in [0.5, 0.6) is 0 Å². The fourth-order valence-corrected chi connectivity index (χ4v) is 2.58. The predicted octanol–water partition coefficient (Wildman–Crippen LogP) is 2.05. The lowest BCUT2D eigenvalue weighted by Gasteiger charge is -2.22. The van der Waals surface area contributed by atoms with Gasteiger partial charge in [0.25, 0.3) is 0 Å². The number of hydrogen-bond acceptors (Lipinski definition) is 3. The Morgan fingerprint density at radius 1 is 1.47 bits per heavy atom. The number of amides is 1. The van der Waals surface area contributed by atoms with Crippen LogP contribution in [-0.4, -0.2) is 36.5 Å². The monoisotopic (exact) mass is 281 g/mol. The molecule has 4 nitrogen and oxygen atoms in total. The number of nitrogens with zero attached hydrogens (tertiary/aromatic N) is 1. The third-order valence-corrected chi connectivity index (χ3v) is 3.53. The molecule has 1 fully saturated rings. The van der Waals surface area contributed by atoms with Crippen molar-refractivity contribution in [2.45, 2.75) is 25.3 Å². The first-order valence-corrected chi connectivity index (χ1v) is 6.61. The molecule has 0 aromatic heterocycles. The summed E-state index contributed by atoms with van der Waals surface area (Å²) in [5, 5.41) is 0.608. The Morgan fingerprint density at radius 3 is 2.95 bits per heavy atom. The molecule has 0 N–H and O–H groups in total. The maximum absolute atomic E-state index is 12.2. The summed E-state index contributed by atoms with van der Waals surface area (Å²) in [6, 6.07) is 6.77. The van der Waals surface area contributed by atoms with Crippen LogP contribution in [-0.2, 0) is 20.7 Å². The highest BCUT2D eigenvalue weighted by Crippen LogP contribution is 2.20. The number of rotatable bonds is 3. The van der Waals surface area contributed by atoms with E-state index >= 15 is 0 Å². The molecule has 1 unspecified atom stereocenters. The third kappa shape index (κ3) is 3.26. The van der Waals surface area contributed by atoms with Gasteiger partial charge in [-0.2, -0.15) is 0 Å². The number of methoxy groups -OCH3 is 1. The smallest absolute Gasteiger partial charge is 0.328 e. The molecule has 1 aromatic rings. The molecule has 1 aromatic carbocycles. The number of carbonyl (C=O) groups is 2. The molecule has 1 atom stereocenters. The van der Waals surface area contributed by atoms with Crippen molar-refractivity contribution < 1.29 is 14.3 Å². The summed E-state index contributed by atoms with van der Waals surface area (Å²) in [5.41, 5.74) is 0.855. The largest absolute Gasteiger partial charge is 0.467 e. The number of benzene rings is 1. The summed E-state index contributed by atoms with van der Waals surface area (Å²) in [7, 11) is 1.35. The number of ether oxygens (including phenoxy) is 1. The van der Waals surface area contributed by atoms with Gasteiger partial charge in [0.1, 0.15) is 6.04 Å². The fourth-order valence-electron chi connectivity index (χ4n) is 2.37. The lowest BCUT2D eigenvalue weighted by Crippen LogP contribution is -2.41. The van der Waals surface area contributed by atoms with E-state index < -0.39 is 6.04 Å². The summed E-state index contributed by atoms with van der Waals surface area (Å²) in [5.74, 6) is -0.396.